The number of rotatable bonds is 3. The van der Waals surface area contributed by atoms with E-state index >= 15 is 0 Å². The van der Waals surface area contributed by atoms with E-state index in [4.69, 9.17) is 0 Å². The molecule has 2 rings (SSSR count). The summed E-state index contributed by atoms with van der Waals surface area (Å²) in [7, 11) is -1.56. The van der Waals surface area contributed by atoms with Crippen LogP contribution in [0.4, 0.5) is 13.2 Å². The van der Waals surface area contributed by atoms with Gasteiger partial charge < -0.3 is 15.0 Å². The summed E-state index contributed by atoms with van der Waals surface area (Å²) < 4.78 is 63.6. The molecule has 1 aliphatic heterocycles. The number of halogens is 4. The minimum Gasteiger partial charge on any atom is -0.406 e. The number of sulfone groups is 1. The van der Waals surface area contributed by atoms with E-state index in [1.807, 2.05) is 4.90 Å². The lowest BCUT2D eigenvalue weighted by molar-refractivity contribution is -0.274. The molecule has 0 amide bonds. The molecule has 0 aromatic heterocycles. The average molecular weight is 521 g/mol. The largest absolute Gasteiger partial charge is 0.573 e. The molecular formula is C16H23F3IN3O3S. The van der Waals surface area contributed by atoms with Gasteiger partial charge in [-0.3, -0.25) is 4.99 Å². The summed E-state index contributed by atoms with van der Waals surface area (Å²) in [6, 6.07) is 5.52. The highest BCUT2D eigenvalue weighted by molar-refractivity contribution is 14.0. The van der Waals surface area contributed by atoms with Gasteiger partial charge in [0, 0.05) is 26.7 Å². The lowest BCUT2D eigenvalue weighted by atomic mass is 10.2. The van der Waals surface area contributed by atoms with Gasteiger partial charge in [0.25, 0.3) is 0 Å². The van der Waals surface area contributed by atoms with Gasteiger partial charge in [-0.05, 0) is 31.5 Å². The summed E-state index contributed by atoms with van der Waals surface area (Å²) in [5.74, 6) is 0.307. The number of nitrogens with one attached hydrogen (secondary N) is 1. The van der Waals surface area contributed by atoms with Crippen molar-refractivity contribution < 1.29 is 26.3 Å². The summed E-state index contributed by atoms with van der Waals surface area (Å²) in [4.78, 5) is 6.03. The van der Waals surface area contributed by atoms with E-state index in [2.05, 4.69) is 15.0 Å². The van der Waals surface area contributed by atoms with Crippen LogP contribution >= 0.6 is 24.0 Å². The molecule has 1 aromatic carbocycles. The van der Waals surface area contributed by atoms with Crippen LogP contribution in [-0.4, -0.2) is 56.3 Å². The van der Waals surface area contributed by atoms with Crippen molar-refractivity contribution in [3.63, 3.8) is 0 Å². The second-order valence-electron chi connectivity index (χ2n) is 6.59. The van der Waals surface area contributed by atoms with Gasteiger partial charge in [-0.1, -0.05) is 12.1 Å². The van der Waals surface area contributed by atoms with Gasteiger partial charge in [0.1, 0.15) is 5.75 Å². The van der Waals surface area contributed by atoms with Gasteiger partial charge in [-0.15, -0.1) is 37.1 Å². The van der Waals surface area contributed by atoms with E-state index in [9.17, 15) is 21.6 Å². The predicted octanol–water partition coefficient (Wildman–Crippen LogP) is 2.79. The molecule has 1 aromatic rings. The van der Waals surface area contributed by atoms with Gasteiger partial charge in [-0.25, -0.2) is 8.42 Å². The zero-order valence-corrected chi connectivity index (χ0v) is 18.4. The van der Waals surface area contributed by atoms with Crippen LogP contribution in [0.25, 0.3) is 0 Å². The Labute approximate surface area is 174 Å². The van der Waals surface area contributed by atoms with Crippen LogP contribution < -0.4 is 10.1 Å². The first-order valence-electron chi connectivity index (χ1n) is 7.96. The summed E-state index contributed by atoms with van der Waals surface area (Å²) in [5, 5.41) is 3.11. The average Bonchev–Trinajstić information content (AvgIpc) is 2.51. The lowest BCUT2D eigenvalue weighted by Gasteiger charge is -2.39. The second-order valence-corrected chi connectivity index (χ2v) is 9.34. The number of aliphatic imine (C=N–C) groups is 1. The van der Waals surface area contributed by atoms with Crippen LogP contribution in [0.3, 0.4) is 0 Å². The molecule has 154 valence electrons. The molecule has 0 atom stereocenters. The fourth-order valence-electron chi connectivity index (χ4n) is 2.65. The monoisotopic (exact) mass is 521 g/mol. The fraction of sp³-hybridized carbons (Fsp3) is 0.562. The van der Waals surface area contributed by atoms with Crippen LogP contribution in [0.5, 0.6) is 5.75 Å². The number of hydrogen-bond donors (Lipinski definition) is 1. The van der Waals surface area contributed by atoms with Crippen LogP contribution in [0.2, 0.25) is 0 Å². The number of guanidine groups is 1. The Bertz CT molecular complexity index is 765. The third kappa shape index (κ3) is 6.40. The molecular weight excluding hydrogens is 498 g/mol. The first-order valence-corrected chi connectivity index (χ1v) is 9.61. The quantitative estimate of drug-likeness (QED) is 0.377. The van der Waals surface area contributed by atoms with E-state index in [1.54, 1.807) is 20.9 Å². The van der Waals surface area contributed by atoms with Crippen LogP contribution in [-0.2, 0) is 16.4 Å². The Hall–Kier alpha value is -1.24. The summed E-state index contributed by atoms with van der Waals surface area (Å²) in [6.45, 7) is 4.35. The number of alkyl halides is 3. The molecule has 27 heavy (non-hydrogen) atoms. The summed E-state index contributed by atoms with van der Waals surface area (Å²) >= 11 is 0. The van der Waals surface area contributed by atoms with Gasteiger partial charge in [0.2, 0.25) is 0 Å². The van der Waals surface area contributed by atoms with E-state index in [1.165, 1.54) is 24.3 Å². The molecule has 0 aliphatic carbocycles. The molecule has 1 heterocycles. The van der Waals surface area contributed by atoms with Gasteiger partial charge in [0.15, 0.2) is 15.8 Å². The summed E-state index contributed by atoms with van der Waals surface area (Å²) in [6.07, 6.45) is -4.72. The molecule has 1 fully saturated rings. The van der Waals surface area contributed by atoms with Crippen LogP contribution in [0, 0.1) is 0 Å². The number of hydrogen-bond acceptors (Lipinski definition) is 4. The standard InChI is InChI=1S/C16H22F3N3O3S.HI/c1-15(2)11-22(8-9-26(15,23)24)14(20-3)21-10-12-4-6-13(7-5-12)25-16(17,18)19;/h4-7H,8-11H2,1-3H3,(H,20,21);1H. The minimum absolute atomic E-state index is 0. The highest BCUT2D eigenvalue weighted by Gasteiger charge is 2.40. The SMILES string of the molecule is CN=C(NCc1ccc(OC(F)(F)F)cc1)N1CCS(=O)(=O)C(C)(C)C1.I. The molecule has 11 heteroatoms. The van der Waals surface area contributed by atoms with Crippen molar-refractivity contribution in [1.82, 2.24) is 10.2 Å². The van der Waals surface area contributed by atoms with Gasteiger partial charge >= 0.3 is 6.36 Å². The second kappa shape index (κ2) is 8.84. The predicted molar refractivity (Wildman–Crippen MR) is 108 cm³/mol. The molecule has 6 nitrogen and oxygen atoms in total. The minimum atomic E-state index is -4.72. The zero-order chi connectivity index (χ0) is 19.6. The fourth-order valence-corrected chi connectivity index (χ4v) is 4.01. The molecule has 0 unspecified atom stereocenters. The first-order chi connectivity index (χ1) is 11.9. The normalized spacial score (nSPS) is 19.2. The molecule has 0 spiro atoms. The maximum atomic E-state index is 12.2. The van der Waals surface area contributed by atoms with Crippen molar-refractivity contribution in [3.8, 4) is 5.75 Å². The van der Waals surface area contributed by atoms with E-state index in [-0.39, 0.29) is 35.5 Å². The smallest absolute Gasteiger partial charge is 0.406 e. The molecule has 1 saturated heterocycles. The van der Waals surface area contributed by atoms with E-state index < -0.39 is 20.9 Å². The third-order valence-electron chi connectivity index (χ3n) is 4.16. The Morgan fingerprint density at radius 2 is 1.89 bits per heavy atom. The van der Waals surface area contributed by atoms with Gasteiger partial charge in [0.05, 0.1) is 10.5 Å². The number of benzene rings is 1. The van der Waals surface area contributed by atoms with Crippen molar-refractivity contribution in [2.75, 3.05) is 25.9 Å². The lowest BCUT2D eigenvalue weighted by Crippen LogP contribution is -2.57. The van der Waals surface area contributed by atoms with Crippen molar-refractivity contribution in [2.45, 2.75) is 31.5 Å². The van der Waals surface area contributed by atoms with Crippen LogP contribution in [0.15, 0.2) is 29.3 Å². The van der Waals surface area contributed by atoms with Crippen molar-refractivity contribution >= 4 is 39.8 Å². The molecule has 0 bridgehead atoms. The topological polar surface area (TPSA) is 71.0 Å². The first kappa shape index (κ1) is 23.8. The van der Waals surface area contributed by atoms with Crippen molar-refractivity contribution in [1.29, 1.82) is 0 Å². The summed E-state index contributed by atoms with van der Waals surface area (Å²) in [5.41, 5.74) is 0.740. The molecule has 1 aliphatic rings. The van der Waals surface area contributed by atoms with E-state index in [0.29, 0.717) is 25.6 Å². The van der Waals surface area contributed by atoms with Crippen LogP contribution in [0.1, 0.15) is 19.4 Å². The molecule has 0 radical (unpaired) electrons. The third-order valence-corrected chi connectivity index (χ3v) is 6.70. The Kier molecular flexibility index (Phi) is 7.79. The highest BCUT2D eigenvalue weighted by Crippen LogP contribution is 2.24. The highest BCUT2D eigenvalue weighted by atomic mass is 127. The zero-order valence-electron chi connectivity index (χ0n) is 15.2. The number of nitrogens with zero attached hydrogens (tertiary/aromatic N) is 2. The molecule has 1 N–H and O–H groups in total. The van der Waals surface area contributed by atoms with Crippen molar-refractivity contribution in [3.05, 3.63) is 29.8 Å². The maximum Gasteiger partial charge on any atom is 0.573 e. The van der Waals surface area contributed by atoms with E-state index in [0.717, 1.165) is 5.56 Å². The Morgan fingerprint density at radius 3 is 2.37 bits per heavy atom. The van der Waals surface area contributed by atoms with Gasteiger partial charge in [-0.2, -0.15) is 0 Å². The van der Waals surface area contributed by atoms with Crippen molar-refractivity contribution in [2.24, 2.45) is 4.99 Å². The maximum absolute atomic E-state index is 12.2. The Morgan fingerprint density at radius 1 is 1.30 bits per heavy atom. The molecule has 0 saturated carbocycles. The Balaban J connectivity index is 0.00000364. The number of ether oxygens (including phenoxy) is 1.